The fourth-order valence-corrected chi connectivity index (χ4v) is 4.61. The second-order valence-corrected chi connectivity index (χ2v) is 9.77. The van der Waals surface area contributed by atoms with Gasteiger partial charge in [0, 0.05) is 13.1 Å². The third kappa shape index (κ3) is 4.50. The van der Waals surface area contributed by atoms with Crippen molar-refractivity contribution in [3.8, 4) is 5.75 Å². The van der Waals surface area contributed by atoms with Gasteiger partial charge in [0.05, 0.1) is 11.5 Å². The second-order valence-electron chi connectivity index (χ2n) is 7.54. The molecular weight excluding hydrogens is 326 g/mol. The quantitative estimate of drug-likeness (QED) is 0.834. The molecular formula is C18H27NO4S. The number of amides is 1. The zero-order valence-corrected chi connectivity index (χ0v) is 15.9. The first-order valence-electron chi connectivity index (χ1n) is 8.24. The predicted octanol–water partition coefficient (Wildman–Crippen LogP) is 2.40. The van der Waals surface area contributed by atoms with E-state index in [1.807, 2.05) is 24.3 Å². The summed E-state index contributed by atoms with van der Waals surface area (Å²) in [7, 11) is -1.36. The van der Waals surface area contributed by atoms with Gasteiger partial charge in [0.15, 0.2) is 15.9 Å². The van der Waals surface area contributed by atoms with Crippen molar-refractivity contribution in [2.75, 3.05) is 18.6 Å². The molecule has 0 spiro atoms. The molecule has 2 unspecified atom stereocenters. The molecule has 1 aromatic rings. The Bertz CT molecular complexity index is 706. The Kier molecular flexibility index (Phi) is 5.28. The topological polar surface area (TPSA) is 63.7 Å². The van der Waals surface area contributed by atoms with Gasteiger partial charge in [-0.2, -0.15) is 0 Å². The lowest BCUT2D eigenvalue weighted by Crippen LogP contribution is -2.44. The molecule has 1 aliphatic rings. The monoisotopic (exact) mass is 353 g/mol. The van der Waals surface area contributed by atoms with Gasteiger partial charge in [-0.3, -0.25) is 4.79 Å². The average molecular weight is 353 g/mol. The van der Waals surface area contributed by atoms with Gasteiger partial charge in [-0.05, 0) is 36.5 Å². The fraction of sp³-hybridized carbons (Fsp3) is 0.611. The standard InChI is InChI=1S/C18H27NO4S/c1-13(17(20)19(5)15-9-10-24(21,22)12-15)23-16-8-6-7-14(11-16)18(2,3)4/h6-8,11,13,15H,9-10,12H2,1-5H3. The lowest BCUT2D eigenvalue weighted by atomic mass is 9.87. The van der Waals surface area contributed by atoms with E-state index in [2.05, 4.69) is 20.8 Å². The van der Waals surface area contributed by atoms with Crippen molar-refractivity contribution in [1.29, 1.82) is 0 Å². The molecule has 1 fully saturated rings. The van der Waals surface area contributed by atoms with Crippen LogP contribution in [0.2, 0.25) is 0 Å². The van der Waals surface area contributed by atoms with Crippen LogP contribution in [-0.4, -0.2) is 49.9 Å². The molecule has 1 aromatic carbocycles. The van der Waals surface area contributed by atoms with Crippen LogP contribution in [0, 0.1) is 0 Å². The van der Waals surface area contributed by atoms with E-state index in [0.29, 0.717) is 12.2 Å². The molecule has 0 N–H and O–H groups in total. The second kappa shape index (κ2) is 6.75. The van der Waals surface area contributed by atoms with Crippen LogP contribution in [0.25, 0.3) is 0 Å². The SMILES string of the molecule is CC(Oc1cccc(C(C)(C)C)c1)C(=O)N(C)C1CCS(=O)(=O)C1. The van der Waals surface area contributed by atoms with Gasteiger partial charge in [0.2, 0.25) is 0 Å². The zero-order valence-electron chi connectivity index (χ0n) is 15.1. The lowest BCUT2D eigenvalue weighted by molar-refractivity contribution is -0.138. The smallest absolute Gasteiger partial charge is 0.263 e. The molecule has 1 aliphatic heterocycles. The molecule has 5 nitrogen and oxygen atoms in total. The number of ether oxygens (including phenoxy) is 1. The summed E-state index contributed by atoms with van der Waals surface area (Å²) in [6.45, 7) is 8.06. The Balaban J connectivity index is 2.04. The maximum absolute atomic E-state index is 12.5. The number of carbonyl (C=O) groups is 1. The van der Waals surface area contributed by atoms with Crippen molar-refractivity contribution >= 4 is 15.7 Å². The summed E-state index contributed by atoms with van der Waals surface area (Å²) in [6.07, 6.45) is -0.162. The molecule has 134 valence electrons. The first kappa shape index (κ1) is 18.8. The van der Waals surface area contributed by atoms with E-state index in [0.717, 1.165) is 5.56 Å². The van der Waals surface area contributed by atoms with E-state index in [4.69, 9.17) is 4.74 Å². The predicted molar refractivity (Wildman–Crippen MR) is 95.1 cm³/mol. The Labute approximate surface area is 144 Å². The number of rotatable bonds is 4. The van der Waals surface area contributed by atoms with Crippen molar-refractivity contribution in [1.82, 2.24) is 4.90 Å². The number of hydrogen-bond donors (Lipinski definition) is 0. The Morgan fingerprint density at radius 3 is 2.54 bits per heavy atom. The summed E-state index contributed by atoms with van der Waals surface area (Å²) in [4.78, 5) is 14.1. The molecule has 2 rings (SSSR count). The Hall–Kier alpha value is -1.56. The van der Waals surface area contributed by atoms with E-state index >= 15 is 0 Å². The first-order valence-corrected chi connectivity index (χ1v) is 10.1. The van der Waals surface area contributed by atoms with Crippen LogP contribution in [0.4, 0.5) is 0 Å². The van der Waals surface area contributed by atoms with Crippen molar-refractivity contribution < 1.29 is 17.9 Å². The summed E-state index contributed by atoms with van der Waals surface area (Å²) in [5.74, 6) is 0.647. The highest BCUT2D eigenvalue weighted by Crippen LogP contribution is 2.26. The molecule has 0 aromatic heterocycles. The van der Waals surface area contributed by atoms with Gasteiger partial charge in [-0.15, -0.1) is 0 Å². The van der Waals surface area contributed by atoms with E-state index < -0.39 is 15.9 Å². The number of sulfone groups is 1. The minimum absolute atomic E-state index is 0.00160. The van der Waals surface area contributed by atoms with Gasteiger partial charge < -0.3 is 9.64 Å². The summed E-state index contributed by atoms with van der Waals surface area (Å²) >= 11 is 0. The summed E-state index contributed by atoms with van der Waals surface area (Å²) in [5, 5.41) is 0. The van der Waals surface area contributed by atoms with Crippen LogP contribution in [0.3, 0.4) is 0 Å². The van der Waals surface area contributed by atoms with E-state index in [1.165, 1.54) is 4.90 Å². The van der Waals surface area contributed by atoms with Gasteiger partial charge >= 0.3 is 0 Å². The minimum Gasteiger partial charge on any atom is -0.481 e. The fourth-order valence-electron chi connectivity index (χ4n) is 2.84. The molecule has 0 bridgehead atoms. The van der Waals surface area contributed by atoms with Gasteiger partial charge in [-0.25, -0.2) is 8.42 Å². The summed E-state index contributed by atoms with van der Waals surface area (Å²) < 4.78 is 29.0. The van der Waals surface area contributed by atoms with Crippen LogP contribution in [0.5, 0.6) is 5.75 Å². The van der Waals surface area contributed by atoms with Gasteiger partial charge in [-0.1, -0.05) is 32.9 Å². The largest absolute Gasteiger partial charge is 0.481 e. The van der Waals surface area contributed by atoms with Crippen molar-refractivity contribution in [3.63, 3.8) is 0 Å². The number of benzene rings is 1. The Morgan fingerprint density at radius 1 is 1.33 bits per heavy atom. The zero-order chi connectivity index (χ0) is 18.1. The minimum atomic E-state index is -3.02. The number of hydrogen-bond acceptors (Lipinski definition) is 4. The molecule has 1 amide bonds. The van der Waals surface area contributed by atoms with Crippen molar-refractivity contribution in [2.24, 2.45) is 0 Å². The normalized spacial score (nSPS) is 21.3. The van der Waals surface area contributed by atoms with Crippen LogP contribution in [-0.2, 0) is 20.0 Å². The summed E-state index contributed by atoms with van der Waals surface area (Å²) in [6, 6.07) is 7.48. The maximum Gasteiger partial charge on any atom is 0.263 e. The van der Waals surface area contributed by atoms with Gasteiger partial charge in [0.1, 0.15) is 5.75 Å². The van der Waals surface area contributed by atoms with Crippen LogP contribution < -0.4 is 4.74 Å². The molecule has 1 saturated heterocycles. The van der Waals surface area contributed by atoms with Crippen LogP contribution >= 0.6 is 0 Å². The Morgan fingerprint density at radius 2 is 2.00 bits per heavy atom. The average Bonchev–Trinajstić information content (AvgIpc) is 2.85. The molecule has 0 aliphatic carbocycles. The number of likely N-dealkylation sites (N-methyl/N-ethyl adjacent to an activating group) is 1. The molecule has 0 saturated carbocycles. The molecule has 24 heavy (non-hydrogen) atoms. The molecule has 2 atom stereocenters. The third-order valence-corrected chi connectivity index (χ3v) is 6.21. The maximum atomic E-state index is 12.5. The first-order chi connectivity index (χ1) is 11.0. The third-order valence-electron chi connectivity index (χ3n) is 4.46. The van der Waals surface area contributed by atoms with Gasteiger partial charge in [0.25, 0.3) is 5.91 Å². The van der Waals surface area contributed by atoms with Crippen molar-refractivity contribution in [3.05, 3.63) is 29.8 Å². The van der Waals surface area contributed by atoms with Crippen molar-refractivity contribution in [2.45, 2.75) is 51.7 Å². The molecule has 0 radical (unpaired) electrons. The van der Waals surface area contributed by atoms with E-state index in [-0.39, 0.29) is 28.9 Å². The highest BCUT2D eigenvalue weighted by atomic mass is 32.2. The number of nitrogens with zero attached hydrogens (tertiary/aromatic N) is 1. The lowest BCUT2D eigenvalue weighted by Gasteiger charge is -2.27. The van der Waals surface area contributed by atoms with Crippen LogP contribution in [0.15, 0.2) is 24.3 Å². The molecule has 6 heteroatoms. The van der Waals surface area contributed by atoms with E-state index in [1.54, 1.807) is 14.0 Å². The van der Waals surface area contributed by atoms with Crippen LogP contribution in [0.1, 0.15) is 39.7 Å². The number of carbonyl (C=O) groups excluding carboxylic acids is 1. The summed E-state index contributed by atoms with van der Waals surface area (Å²) in [5.41, 5.74) is 1.14. The van der Waals surface area contributed by atoms with E-state index in [9.17, 15) is 13.2 Å². The highest BCUT2D eigenvalue weighted by Gasteiger charge is 2.34. The molecule has 1 heterocycles. The highest BCUT2D eigenvalue weighted by molar-refractivity contribution is 7.91.